The molecule has 0 radical (unpaired) electrons. The highest BCUT2D eigenvalue weighted by Gasteiger charge is 2.20. The number of carbonyl (C=O) groups excluding carboxylic acids is 1. The van der Waals surface area contributed by atoms with E-state index in [9.17, 15) is 4.79 Å². The summed E-state index contributed by atoms with van der Waals surface area (Å²) in [4.78, 5) is 33.9. The molecule has 1 fully saturated rings. The molecule has 1 amide bonds. The van der Waals surface area contributed by atoms with Crippen LogP contribution in [0.15, 0.2) is 48.7 Å². The Morgan fingerprint density at radius 1 is 1.10 bits per heavy atom. The molecule has 13 heteroatoms. The molecule has 5 aromatic rings. The summed E-state index contributed by atoms with van der Waals surface area (Å²) in [5.74, 6) is 2.70. The van der Waals surface area contributed by atoms with Crippen LogP contribution >= 0.6 is 11.3 Å². The zero-order valence-electron chi connectivity index (χ0n) is 23.3. The standard InChI is InChI=1S/C29H31N9O3S/c1-30-24-7-5-19(15-32-24)28-34-22-14-20(42-27(22)29(35-28)38-9-11-41-12-10-38)16-31-17-25-33-21-13-18(4-8-26(39)36-40)3-6-23(21)37(25)2/h3-8,13-15,31,40H,9-12,16-17H2,1-2H3,(H,30,32)(H,36,39). The Bertz CT molecular complexity index is 1760. The highest BCUT2D eigenvalue weighted by atomic mass is 32.1. The number of benzene rings is 1. The quantitative estimate of drug-likeness (QED) is 0.116. The van der Waals surface area contributed by atoms with E-state index in [4.69, 9.17) is 24.9 Å². The lowest BCUT2D eigenvalue weighted by Crippen LogP contribution is -2.36. The normalized spacial score (nSPS) is 13.8. The minimum Gasteiger partial charge on any atom is -0.378 e. The predicted octanol–water partition coefficient (Wildman–Crippen LogP) is 3.33. The second kappa shape index (κ2) is 12.2. The van der Waals surface area contributed by atoms with Crippen molar-refractivity contribution in [3.63, 3.8) is 0 Å². The average molecular weight is 586 g/mol. The van der Waals surface area contributed by atoms with Crippen molar-refractivity contribution < 1.29 is 14.7 Å². The first kappa shape index (κ1) is 27.7. The number of hydrogen-bond acceptors (Lipinski definition) is 11. The number of morpholine rings is 1. The number of hydrogen-bond donors (Lipinski definition) is 4. The summed E-state index contributed by atoms with van der Waals surface area (Å²) >= 11 is 1.70. The minimum absolute atomic E-state index is 0.578. The molecule has 42 heavy (non-hydrogen) atoms. The van der Waals surface area contributed by atoms with Gasteiger partial charge < -0.3 is 24.8 Å². The molecule has 0 spiro atoms. The topological polar surface area (TPSA) is 142 Å². The molecule has 6 rings (SSSR count). The van der Waals surface area contributed by atoms with Crippen LogP contribution in [0.1, 0.15) is 16.3 Å². The molecular formula is C29H31N9O3S. The molecule has 1 aliphatic rings. The third-order valence-corrected chi connectivity index (χ3v) is 8.23. The van der Waals surface area contributed by atoms with E-state index in [2.05, 4.69) is 31.2 Å². The monoisotopic (exact) mass is 585 g/mol. The van der Waals surface area contributed by atoms with Crippen molar-refractivity contribution in [2.45, 2.75) is 13.1 Å². The summed E-state index contributed by atoms with van der Waals surface area (Å²) in [6.45, 7) is 4.15. The molecule has 0 bridgehead atoms. The van der Waals surface area contributed by atoms with E-state index in [1.54, 1.807) is 29.1 Å². The van der Waals surface area contributed by atoms with Crippen LogP contribution in [-0.2, 0) is 29.7 Å². The minimum atomic E-state index is -0.582. The Kier molecular flexibility index (Phi) is 8.06. The average Bonchev–Trinajstić information content (AvgIpc) is 3.59. The van der Waals surface area contributed by atoms with Gasteiger partial charge in [0, 0.05) is 56.4 Å². The summed E-state index contributed by atoms with van der Waals surface area (Å²) in [5.41, 5.74) is 6.02. The van der Waals surface area contributed by atoms with E-state index in [0.29, 0.717) is 32.1 Å². The number of pyridine rings is 1. The molecule has 1 saturated heterocycles. The van der Waals surface area contributed by atoms with E-state index in [-0.39, 0.29) is 0 Å². The summed E-state index contributed by atoms with van der Waals surface area (Å²) in [6, 6.07) is 11.8. The van der Waals surface area contributed by atoms with E-state index >= 15 is 0 Å². The lowest BCUT2D eigenvalue weighted by Gasteiger charge is -2.28. The van der Waals surface area contributed by atoms with Crippen LogP contribution in [0.25, 0.3) is 38.7 Å². The first-order valence-electron chi connectivity index (χ1n) is 13.6. The van der Waals surface area contributed by atoms with Gasteiger partial charge in [0.15, 0.2) is 11.6 Å². The van der Waals surface area contributed by atoms with Gasteiger partial charge in [0.1, 0.15) is 11.6 Å². The van der Waals surface area contributed by atoms with Gasteiger partial charge >= 0.3 is 0 Å². The van der Waals surface area contributed by atoms with Crippen molar-refractivity contribution >= 4 is 56.2 Å². The van der Waals surface area contributed by atoms with Gasteiger partial charge in [-0.2, -0.15) is 0 Å². The zero-order chi connectivity index (χ0) is 29.1. The van der Waals surface area contributed by atoms with Crippen LogP contribution in [-0.4, -0.2) is 69.0 Å². The number of ether oxygens (including phenoxy) is 1. The molecule has 1 aliphatic heterocycles. The SMILES string of the molecule is CNc1ccc(-c2nc(N3CCOCC3)c3sc(CNCc4nc5cc(C=CC(=O)NO)ccc5n4C)cc3n2)cn1. The van der Waals surface area contributed by atoms with E-state index < -0.39 is 5.91 Å². The van der Waals surface area contributed by atoms with Gasteiger partial charge in [0.25, 0.3) is 5.91 Å². The number of amides is 1. The van der Waals surface area contributed by atoms with Crippen LogP contribution in [0.2, 0.25) is 0 Å². The van der Waals surface area contributed by atoms with Gasteiger partial charge in [-0.25, -0.2) is 25.4 Å². The Morgan fingerprint density at radius 3 is 2.71 bits per heavy atom. The van der Waals surface area contributed by atoms with E-state index in [1.165, 1.54) is 6.08 Å². The van der Waals surface area contributed by atoms with Crippen LogP contribution in [0.5, 0.6) is 0 Å². The number of rotatable bonds is 9. The van der Waals surface area contributed by atoms with E-state index in [1.807, 2.05) is 44.4 Å². The summed E-state index contributed by atoms with van der Waals surface area (Å²) in [7, 11) is 3.83. The van der Waals surface area contributed by atoms with Gasteiger partial charge in [-0.3, -0.25) is 10.0 Å². The number of anilines is 2. The van der Waals surface area contributed by atoms with Gasteiger partial charge in [-0.1, -0.05) is 6.07 Å². The fourth-order valence-electron chi connectivity index (χ4n) is 4.88. The number of aryl methyl sites for hydroxylation is 1. The van der Waals surface area contributed by atoms with Crippen molar-refractivity contribution in [2.24, 2.45) is 7.05 Å². The van der Waals surface area contributed by atoms with Crippen molar-refractivity contribution in [3.8, 4) is 11.4 Å². The van der Waals surface area contributed by atoms with Gasteiger partial charge in [-0.05, 0) is 42.0 Å². The fraction of sp³-hybridized carbons (Fsp3) is 0.276. The van der Waals surface area contributed by atoms with Gasteiger partial charge in [-0.15, -0.1) is 11.3 Å². The first-order chi connectivity index (χ1) is 20.5. The van der Waals surface area contributed by atoms with Crippen LogP contribution in [0, 0.1) is 0 Å². The van der Waals surface area contributed by atoms with Crippen LogP contribution < -0.4 is 21.0 Å². The number of imidazole rings is 1. The number of thiophene rings is 1. The summed E-state index contributed by atoms with van der Waals surface area (Å²) in [6.07, 6.45) is 4.70. The molecule has 1 aromatic carbocycles. The van der Waals surface area contributed by atoms with E-state index in [0.717, 1.165) is 67.8 Å². The maximum Gasteiger partial charge on any atom is 0.267 e. The number of carbonyl (C=O) groups is 1. The summed E-state index contributed by atoms with van der Waals surface area (Å²) in [5, 5.41) is 15.3. The highest BCUT2D eigenvalue weighted by molar-refractivity contribution is 7.19. The molecular weight excluding hydrogens is 554 g/mol. The Balaban J connectivity index is 1.22. The second-order valence-electron chi connectivity index (χ2n) is 9.83. The third kappa shape index (κ3) is 5.81. The van der Waals surface area contributed by atoms with Crippen LogP contribution in [0.3, 0.4) is 0 Å². The number of aromatic nitrogens is 5. The maximum atomic E-state index is 11.3. The first-order valence-corrected chi connectivity index (χ1v) is 14.4. The molecule has 216 valence electrons. The number of nitrogens with zero attached hydrogens (tertiary/aromatic N) is 6. The van der Waals surface area contributed by atoms with Crippen molar-refractivity contribution in [3.05, 3.63) is 64.9 Å². The van der Waals surface area contributed by atoms with Crippen molar-refractivity contribution in [1.29, 1.82) is 0 Å². The van der Waals surface area contributed by atoms with Crippen LogP contribution in [0.4, 0.5) is 11.6 Å². The molecule has 4 N–H and O–H groups in total. The molecule has 0 aliphatic carbocycles. The van der Waals surface area contributed by atoms with Gasteiger partial charge in [0.2, 0.25) is 0 Å². The number of nitrogens with one attached hydrogen (secondary N) is 3. The van der Waals surface area contributed by atoms with Crippen molar-refractivity contribution in [2.75, 3.05) is 43.6 Å². The molecule has 0 saturated carbocycles. The molecule has 0 atom stereocenters. The smallest absolute Gasteiger partial charge is 0.267 e. The predicted molar refractivity (Wildman–Crippen MR) is 163 cm³/mol. The lowest BCUT2D eigenvalue weighted by molar-refractivity contribution is -0.124. The Labute approximate surface area is 246 Å². The molecule has 12 nitrogen and oxygen atoms in total. The van der Waals surface area contributed by atoms with Gasteiger partial charge in [0.05, 0.1) is 41.0 Å². The third-order valence-electron chi connectivity index (χ3n) is 7.11. The lowest BCUT2D eigenvalue weighted by atomic mass is 10.2. The summed E-state index contributed by atoms with van der Waals surface area (Å²) < 4.78 is 8.72. The van der Waals surface area contributed by atoms with Crippen molar-refractivity contribution in [1.82, 2.24) is 35.3 Å². The number of hydroxylamine groups is 1. The molecule has 0 unspecified atom stereocenters. The molecule has 5 heterocycles. The second-order valence-corrected chi connectivity index (χ2v) is 11.0. The Morgan fingerprint density at radius 2 is 1.95 bits per heavy atom. The Hall–Kier alpha value is -4.43. The largest absolute Gasteiger partial charge is 0.378 e. The fourth-order valence-corrected chi connectivity index (χ4v) is 5.96. The molecule has 4 aromatic heterocycles. The highest BCUT2D eigenvalue weighted by Crippen LogP contribution is 2.34. The zero-order valence-corrected chi connectivity index (χ0v) is 24.1. The maximum absolute atomic E-state index is 11.3. The number of fused-ring (bicyclic) bond motifs is 2.